The third kappa shape index (κ3) is 5.46. The van der Waals surface area contributed by atoms with Gasteiger partial charge in [-0.05, 0) is 37.4 Å². The average molecular weight is 347 g/mol. The van der Waals surface area contributed by atoms with Gasteiger partial charge in [0, 0.05) is 45.8 Å². The number of rotatable bonds is 6. The summed E-state index contributed by atoms with van der Waals surface area (Å²) in [4.78, 5) is 28.9. The van der Waals surface area contributed by atoms with Gasteiger partial charge < -0.3 is 14.9 Å². The number of aliphatic carboxylic acids is 1. The number of nitrogens with zero attached hydrogens (tertiary/aromatic N) is 3. The van der Waals surface area contributed by atoms with E-state index in [2.05, 4.69) is 28.0 Å². The summed E-state index contributed by atoms with van der Waals surface area (Å²) in [7, 11) is 4.10. The maximum absolute atomic E-state index is 11.8. The van der Waals surface area contributed by atoms with Crippen molar-refractivity contribution in [3.63, 3.8) is 0 Å². The standard InChI is InChI=1S/C19H29N3O3/c1-15(23)22(14-19(24)25)17-8-6-11-21(12-10-17)13-16-7-4-5-9-18(16)20(2)3/h4-5,7,9,17H,6,8,10-14H2,1-3H3,(H,24,25). The molecule has 1 saturated heterocycles. The van der Waals surface area contributed by atoms with E-state index in [0.717, 1.165) is 38.9 Å². The van der Waals surface area contributed by atoms with Gasteiger partial charge in [0.2, 0.25) is 5.91 Å². The molecular formula is C19H29N3O3. The molecule has 1 aromatic carbocycles. The quantitative estimate of drug-likeness (QED) is 0.853. The summed E-state index contributed by atoms with van der Waals surface area (Å²) >= 11 is 0. The minimum Gasteiger partial charge on any atom is -0.480 e. The van der Waals surface area contributed by atoms with E-state index in [4.69, 9.17) is 5.11 Å². The number of benzene rings is 1. The number of carboxylic acids is 1. The van der Waals surface area contributed by atoms with Gasteiger partial charge in [0.25, 0.3) is 0 Å². The molecule has 0 bridgehead atoms. The lowest BCUT2D eigenvalue weighted by molar-refractivity contribution is -0.145. The molecule has 0 aromatic heterocycles. The molecule has 138 valence electrons. The monoisotopic (exact) mass is 347 g/mol. The fraction of sp³-hybridized carbons (Fsp3) is 0.579. The Morgan fingerprint density at radius 2 is 1.92 bits per heavy atom. The molecule has 0 aliphatic carbocycles. The highest BCUT2D eigenvalue weighted by Crippen LogP contribution is 2.23. The molecule has 6 heteroatoms. The zero-order valence-electron chi connectivity index (χ0n) is 15.4. The summed E-state index contributed by atoms with van der Waals surface area (Å²) in [6.07, 6.45) is 2.65. The van der Waals surface area contributed by atoms with E-state index >= 15 is 0 Å². The average Bonchev–Trinajstić information content (AvgIpc) is 2.78. The van der Waals surface area contributed by atoms with Crippen LogP contribution in [0.5, 0.6) is 0 Å². The van der Waals surface area contributed by atoms with Crippen LogP contribution in [0.1, 0.15) is 31.7 Å². The first-order valence-corrected chi connectivity index (χ1v) is 8.85. The zero-order valence-corrected chi connectivity index (χ0v) is 15.4. The second-order valence-electron chi connectivity index (χ2n) is 6.92. The number of carboxylic acid groups (broad SMARTS) is 1. The largest absolute Gasteiger partial charge is 0.480 e. The highest BCUT2D eigenvalue weighted by Gasteiger charge is 2.26. The van der Waals surface area contributed by atoms with E-state index in [0.29, 0.717) is 0 Å². The third-order valence-corrected chi connectivity index (χ3v) is 4.81. The van der Waals surface area contributed by atoms with Crippen LogP contribution in [0.3, 0.4) is 0 Å². The lowest BCUT2D eigenvalue weighted by Gasteiger charge is -2.29. The van der Waals surface area contributed by atoms with Crippen LogP contribution in [0.15, 0.2) is 24.3 Å². The third-order valence-electron chi connectivity index (χ3n) is 4.81. The lowest BCUT2D eigenvalue weighted by Crippen LogP contribution is -2.42. The van der Waals surface area contributed by atoms with Crippen LogP contribution in [-0.4, -0.2) is 66.6 Å². The Hall–Kier alpha value is -2.08. The van der Waals surface area contributed by atoms with Gasteiger partial charge in [-0.1, -0.05) is 18.2 Å². The Bertz CT molecular complexity index is 603. The summed E-state index contributed by atoms with van der Waals surface area (Å²) in [6.45, 7) is 3.97. The predicted molar refractivity (Wildman–Crippen MR) is 98.7 cm³/mol. The van der Waals surface area contributed by atoms with Gasteiger partial charge in [-0.25, -0.2) is 0 Å². The molecule has 1 aromatic rings. The van der Waals surface area contributed by atoms with Crippen molar-refractivity contribution >= 4 is 17.6 Å². The smallest absolute Gasteiger partial charge is 0.323 e. The van der Waals surface area contributed by atoms with Gasteiger partial charge in [-0.15, -0.1) is 0 Å². The normalized spacial score (nSPS) is 18.4. The fourth-order valence-electron chi connectivity index (χ4n) is 3.57. The minimum atomic E-state index is -0.948. The molecule has 1 heterocycles. The lowest BCUT2D eigenvalue weighted by atomic mass is 10.1. The number of anilines is 1. The van der Waals surface area contributed by atoms with Crippen molar-refractivity contribution in [2.24, 2.45) is 0 Å². The Morgan fingerprint density at radius 1 is 1.20 bits per heavy atom. The van der Waals surface area contributed by atoms with Gasteiger partial charge in [0.15, 0.2) is 0 Å². The summed E-state index contributed by atoms with van der Waals surface area (Å²) in [6, 6.07) is 8.41. The molecule has 1 unspecified atom stereocenters. The fourth-order valence-corrected chi connectivity index (χ4v) is 3.57. The van der Waals surface area contributed by atoms with Crippen LogP contribution >= 0.6 is 0 Å². The Morgan fingerprint density at radius 3 is 2.56 bits per heavy atom. The highest BCUT2D eigenvalue weighted by molar-refractivity contribution is 5.79. The maximum Gasteiger partial charge on any atom is 0.323 e. The minimum absolute atomic E-state index is 0.0164. The number of hydrogen-bond donors (Lipinski definition) is 1. The molecule has 1 aliphatic heterocycles. The first-order valence-electron chi connectivity index (χ1n) is 8.85. The van der Waals surface area contributed by atoms with E-state index in [1.807, 2.05) is 20.2 Å². The van der Waals surface area contributed by atoms with Crippen LogP contribution in [-0.2, 0) is 16.1 Å². The van der Waals surface area contributed by atoms with Crippen LogP contribution in [0.25, 0.3) is 0 Å². The van der Waals surface area contributed by atoms with E-state index in [1.165, 1.54) is 23.1 Å². The number of hydrogen-bond acceptors (Lipinski definition) is 4. The van der Waals surface area contributed by atoms with Gasteiger partial charge in [0.05, 0.1) is 0 Å². The Balaban J connectivity index is 2.02. The highest BCUT2D eigenvalue weighted by atomic mass is 16.4. The molecule has 1 N–H and O–H groups in total. The number of para-hydroxylation sites is 1. The van der Waals surface area contributed by atoms with Crippen molar-refractivity contribution in [3.8, 4) is 0 Å². The topological polar surface area (TPSA) is 64.1 Å². The van der Waals surface area contributed by atoms with Crippen LogP contribution in [0.4, 0.5) is 5.69 Å². The summed E-state index contributed by atoms with van der Waals surface area (Å²) < 4.78 is 0. The molecule has 2 rings (SSSR count). The van der Waals surface area contributed by atoms with Crippen molar-refractivity contribution in [2.75, 3.05) is 38.6 Å². The van der Waals surface area contributed by atoms with Crippen molar-refractivity contribution in [1.29, 1.82) is 0 Å². The molecule has 1 atom stereocenters. The number of carbonyl (C=O) groups is 2. The van der Waals surface area contributed by atoms with E-state index < -0.39 is 5.97 Å². The van der Waals surface area contributed by atoms with Gasteiger partial charge in [0.1, 0.15) is 6.54 Å². The van der Waals surface area contributed by atoms with Gasteiger partial charge >= 0.3 is 5.97 Å². The Kier molecular flexibility index (Phi) is 6.82. The molecule has 25 heavy (non-hydrogen) atoms. The molecular weight excluding hydrogens is 318 g/mol. The first kappa shape index (κ1) is 19.2. The molecule has 0 saturated carbocycles. The van der Waals surface area contributed by atoms with E-state index in [-0.39, 0.29) is 18.5 Å². The number of carbonyl (C=O) groups excluding carboxylic acids is 1. The van der Waals surface area contributed by atoms with Crippen molar-refractivity contribution in [3.05, 3.63) is 29.8 Å². The molecule has 1 aliphatic rings. The summed E-state index contributed by atoms with van der Waals surface area (Å²) in [5.41, 5.74) is 2.51. The maximum atomic E-state index is 11.8. The van der Waals surface area contributed by atoms with Crippen molar-refractivity contribution in [1.82, 2.24) is 9.80 Å². The van der Waals surface area contributed by atoms with Gasteiger partial charge in [-0.3, -0.25) is 14.5 Å². The second-order valence-corrected chi connectivity index (χ2v) is 6.92. The predicted octanol–water partition coefficient (Wildman–Crippen LogP) is 2.04. The Labute approximate surface area is 150 Å². The van der Waals surface area contributed by atoms with Crippen LogP contribution in [0, 0.1) is 0 Å². The second kappa shape index (κ2) is 8.85. The first-order chi connectivity index (χ1) is 11.9. The molecule has 1 fully saturated rings. The van der Waals surface area contributed by atoms with E-state index in [9.17, 15) is 9.59 Å². The summed E-state index contributed by atoms with van der Waals surface area (Å²) in [5.74, 6) is -1.10. The number of likely N-dealkylation sites (tertiary alicyclic amines) is 1. The zero-order chi connectivity index (χ0) is 18.4. The SMILES string of the molecule is CC(=O)N(CC(=O)O)C1CCCN(Cc2ccccc2N(C)C)CC1. The molecule has 0 radical (unpaired) electrons. The van der Waals surface area contributed by atoms with Crippen molar-refractivity contribution < 1.29 is 14.7 Å². The van der Waals surface area contributed by atoms with Crippen molar-refractivity contribution in [2.45, 2.75) is 38.8 Å². The summed E-state index contributed by atoms with van der Waals surface area (Å²) in [5, 5.41) is 9.05. The van der Waals surface area contributed by atoms with Crippen LogP contribution in [0.2, 0.25) is 0 Å². The van der Waals surface area contributed by atoms with Gasteiger partial charge in [-0.2, -0.15) is 0 Å². The van der Waals surface area contributed by atoms with E-state index in [1.54, 1.807) is 0 Å². The molecule has 1 amide bonds. The molecule has 6 nitrogen and oxygen atoms in total. The van der Waals surface area contributed by atoms with Crippen LogP contribution < -0.4 is 4.90 Å². The molecule has 0 spiro atoms. The number of amides is 1.